The highest BCUT2D eigenvalue weighted by Gasteiger charge is 2.33. The first-order chi connectivity index (χ1) is 16.7. The third-order valence-electron chi connectivity index (χ3n) is 5.19. The third-order valence-corrected chi connectivity index (χ3v) is 5.19. The van der Waals surface area contributed by atoms with Gasteiger partial charge in [0.2, 0.25) is 0 Å². The van der Waals surface area contributed by atoms with Gasteiger partial charge in [-0.05, 0) is 30.3 Å². The van der Waals surface area contributed by atoms with Crippen LogP contribution in [0.25, 0.3) is 33.4 Å². The van der Waals surface area contributed by atoms with Crippen LogP contribution >= 0.6 is 0 Å². The minimum absolute atomic E-state index is 0.00329. The molecule has 2 amide bonds. The van der Waals surface area contributed by atoms with Crippen LogP contribution in [0.15, 0.2) is 45.6 Å². The molecule has 12 heteroatoms. The third kappa shape index (κ3) is 4.01. The number of imidazole rings is 1. The van der Waals surface area contributed by atoms with Crippen molar-refractivity contribution >= 4 is 45.8 Å². The molecule has 0 bridgehead atoms. The molecule has 4 aromatic rings. The number of carbonyl (C=O) groups is 4. The van der Waals surface area contributed by atoms with Crippen molar-refractivity contribution in [1.29, 1.82) is 0 Å². The molecular formula is C23H14FN3O8. The van der Waals surface area contributed by atoms with Crippen molar-refractivity contribution in [2.45, 2.75) is 19.8 Å². The predicted octanol–water partition coefficient (Wildman–Crippen LogP) is 2.62. The van der Waals surface area contributed by atoms with E-state index in [1.54, 1.807) is 0 Å². The largest absolute Gasteiger partial charge is 0.423 e. The molecule has 0 spiro atoms. The summed E-state index contributed by atoms with van der Waals surface area (Å²) in [6.45, 7) is 1.11. The lowest BCUT2D eigenvalue weighted by atomic mass is 10.1. The molecule has 176 valence electrons. The number of benzene rings is 2. The van der Waals surface area contributed by atoms with Crippen molar-refractivity contribution in [2.24, 2.45) is 0 Å². The fourth-order valence-corrected chi connectivity index (χ4v) is 3.58. The van der Waals surface area contributed by atoms with E-state index < -0.39 is 35.2 Å². The number of amides is 2. The average molecular weight is 479 g/mol. The Bertz CT molecular complexity index is 1620. The number of hydrogen-bond acceptors (Lipinski definition) is 9. The van der Waals surface area contributed by atoms with Crippen molar-refractivity contribution in [2.75, 3.05) is 0 Å². The van der Waals surface area contributed by atoms with Gasteiger partial charge in [0.1, 0.15) is 17.0 Å². The number of esters is 1. The van der Waals surface area contributed by atoms with Crippen molar-refractivity contribution in [3.8, 4) is 17.1 Å². The Kier molecular flexibility index (Phi) is 5.12. The average Bonchev–Trinajstić information content (AvgIpc) is 3.37. The van der Waals surface area contributed by atoms with E-state index in [2.05, 4.69) is 9.97 Å². The number of nitrogens with zero attached hydrogens (tertiary/aromatic N) is 2. The summed E-state index contributed by atoms with van der Waals surface area (Å²) in [7, 11) is 0. The van der Waals surface area contributed by atoms with Gasteiger partial charge in [-0.25, -0.2) is 19.0 Å². The Morgan fingerprint density at radius 2 is 1.83 bits per heavy atom. The zero-order valence-corrected chi connectivity index (χ0v) is 17.9. The van der Waals surface area contributed by atoms with Gasteiger partial charge in [0.15, 0.2) is 11.6 Å². The van der Waals surface area contributed by atoms with E-state index in [9.17, 15) is 28.4 Å². The zero-order chi connectivity index (χ0) is 24.9. The summed E-state index contributed by atoms with van der Waals surface area (Å²) in [5.41, 5.74) is -0.0205. The van der Waals surface area contributed by atoms with Gasteiger partial charge in [0.25, 0.3) is 11.8 Å². The van der Waals surface area contributed by atoms with Gasteiger partial charge in [-0.15, -0.1) is 5.06 Å². The smallest absolute Gasteiger partial charge is 0.363 e. The lowest BCUT2D eigenvalue weighted by molar-refractivity contribution is -0.172. The summed E-state index contributed by atoms with van der Waals surface area (Å²) in [5, 5.41) is 0.662. The number of rotatable bonds is 4. The molecule has 1 aliphatic rings. The molecule has 1 fully saturated rings. The highest BCUT2D eigenvalue weighted by Crippen LogP contribution is 2.28. The number of carbonyl (C=O) groups excluding carboxylic acids is 4. The molecule has 3 heterocycles. The summed E-state index contributed by atoms with van der Waals surface area (Å²) in [6.07, 6.45) is -0.0588. The van der Waals surface area contributed by atoms with Crippen LogP contribution in [0, 0.1) is 5.82 Å². The van der Waals surface area contributed by atoms with Gasteiger partial charge in [-0.1, -0.05) is 0 Å². The van der Waals surface area contributed by atoms with E-state index in [0.29, 0.717) is 16.1 Å². The van der Waals surface area contributed by atoms with Crippen LogP contribution in [-0.2, 0) is 19.2 Å². The molecular weight excluding hydrogens is 465 g/mol. The number of halogens is 1. The molecule has 0 radical (unpaired) electrons. The minimum atomic E-state index is -0.920. The minimum Gasteiger partial charge on any atom is -0.423 e. The maximum Gasteiger partial charge on any atom is 0.363 e. The summed E-state index contributed by atoms with van der Waals surface area (Å²) in [4.78, 5) is 71.5. The van der Waals surface area contributed by atoms with E-state index in [4.69, 9.17) is 14.0 Å². The number of ether oxygens (including phenoxy) is 1. The van der Waals surface area contributed by atoms with E-state index in [1.807, 2.05) is 0 Å². The van der Waals surface area contributed by atoms with Gasteiger partial charge < -0.3 is 19.0 Å². The number of H-pyrrole nitrogens is 1. The number of imide groups is 1. The highest BCUT2D eigenvalue weighted by atomic mass is 19.1. The molecule has 1 aliphatic heterocycles. The van der Waals surface area contributed by atoms with E-state index >= 15 is 0 Å². The van der Waals surface area contributed by atoms with E-state index in [-0.39, 0.29) is 46.5 Å². The lowest BCUT2D eigenvalue weighted by Crippen LogP contribution is -2.32. The molecule has 0 saturated carbocycles. The summed E-state index contributed by atoms with van der Waals surface area (Å²) in [5.74, 6) is -3.96. The van der Waals surface area contributed by atoms with Crippen molar-refractivity contribution in [1.82, 2.24) is 15.0 Å². The summed E-state index contributed by atoms with van der Waals surface area (Å²) >= 11 is 0. The lowest BCUT2D eigenvalue weighted by Gasteiger charge is -2.12. The number of hydrogen-bond donors (Lipinski definition) is 1. The van der Waals surface area contributed by atoms with Crippen LogP contribution in [0.4, 0.5) is 4.39 Å². The number of hydroxylamine groups is 2. The van der Waals surface area contributed by atoms with Crippen molar-refractivity contribution in [3.63, 3.8) is 0 Å². The Labute approximate surface area is 194 Å². The standard InChI is InChI=1S/C23H14FN3O8/c1-10(28)33-18-9-17-12(7-14(18)24)6-13(23(32)34-17)21-25-15-3-2-11(8-16(15)26-21)22(31)35-27-19(29)4-5-20(27)30/h2-3,6-9H,4-5H2,1H3,(H,25,26). The van der Waals surface area contributed by atoms with Gasteiger partial charge in [-0.3, -0.25) is 14.4 Å². The number of aromatic amines is 1. The number of nitrogens with one attached hydrogen (secondary N) is 1. The monoisotopic (exact) mass is 479 g/mol. The molecule has 2 aromatic heterocycles. The summed E-state index contributed by atoms with van der Waals surface area (Å²) < 4.78 is 24.3. The van der Waals surface area contributed by atoms with Gasteiger partial charge in [-0.2, -0.15) is 0 Å². The van der Waals surface area contributed by atoms with Gasteiger partial charge in [0.05, 0.1) is 16.6 Å². The Hall–Kier alpha value is -4.87. The highest BCUT2D eigenvalue weighted by molar-refractivity contribution is 6.03. The van der Waals surface area contributed by atoms with Crippen LogP contribution in [0.5, 0.6) is 5.75 Å². The first-order valence-electron chi connectivity index (χ1n) is 10.2. The quantitative estimate of drug-likeness (QED) is 0.202. The normalized spacial score (nSPS) is 13.6. The summed E-state index contributed by atoms with van der Waals surface area (Å²) in [6, 6.07) is 7.76. The first-order valence-corrected chi connectivity index (χ1v) is 10.2. The van der Waals surface area contributed by atoms with Gasteiger partial charge in [0, 0.05) is 31.2 Å². The van der Waals surface area contributed by atoms with Crippen LogP contribution in [-0.4, -0.2) is 38.8 Å². The Balaban J connectivity index is 1.48. The maximum absolute atomic E-state index is 14.3. The second-order valence-electron chi connectivity index (χ2n) is 7.64. The fourth-order valence-electron chi connectivity index (χ4n) is 3.58. The number of aromatic nitrogens is 2. The molecule has 1 saturated heterocycles. The molecule has 0 atom stereocenters. The topological polar surface area (TPSA) is 149 Å². The van der Waals surface area contributed by atoms with Crippen LogP contribution in [0.3, 0.4) is 0 Å². The molecule has 11 nitrogen and oxygen atoms in total. The number of fused-ring (bicyclic) bond motifs is 2. The Morgan fingerprint density at radius 1 is 1.09 bits per heavy atom. The van der Waals surface area contributed by atoms with Crippen LogP contribution in [0.2, 0.25) is 0 Å². The second-order valence-corrected chi connectivity index (χ2v) is 7.64. The van der Waals surface area contributed by atoms with Crippen molar-refractivity contribution in [3.05, 3.63) is 58.2 Å². The molecule has 1 N–H and O–H groups in total. The molecule has 0 aliphatic carbocycles. The van der Waals surface area contributed by atoms with Gasteiger partial charge >= 0.3 is 17.6 Å². The van der Waals surface area contributed by atoms with E-state index in [1.165, 1.54) is 24.3 Å². The predicted molar refractivity (Wildman–Crippen MR) is 115 cm³/mol. The molecule has 5 rings (SSSR count). The zero-order valence-electron chi connectivity index (χ0n) is 17.9. The molecule has 35 heavy (non-hydrogen) atoms. The van der Waals surface area contributed by atoms with Crippen LogP contribution in [0.1, 0.15) is 30.1 Å². The Morgan fingerprint density at radius 3 is 2.54 bits per heavy atom. The molecule has 2 aromatic carbocycles. The van der Waals surface area contributed by atoms with Crippen molar-refractivity contribution < 1.29 is 37.6 Å². The van der Waals surface area contributed by atoms with Crippen LogP contribution < -0.4 is 10.4 Å². The fraction of sp³-hybridized carbons (Fsp3) is 0.130. The second kappa shape index (κ2) is 8.17. The SMILES string of the molecule is CC(=O)Oc1cc2oc(=O)c(-c3nc4ccc(C(=O)ON5C(=O)CCC5=O)cc4[nH]3)cc2cc1F. The first kappa shape index (κ1) is 21.9. The van der Waals surface area contributed by atoms with E-state index in [0.717, 1.165) is 19.1 Å². The molecule has 0 unspecified atom stereocenters. The maximum atomic E-state index is 14.3.